The molecule has 2 aromatic carbocycles. The van der Waals surface area contributed by atoms with Gasteiger partial charge in [0.2, 0.25) is 5.91 Å². The number of amides is 1. The molecule has 0 radical (unpaired) electrons. The molecule has 0 atom stereocenters. The molecule has 7 nitrogen and oxygen atoms in total. The maximum Gasteiger partial charge on any atom is 0.248 e. The van der Waals surface area contributed by atoms with Gasteiger partial charge in [0.15, 0.2) is 0 Å². The predicted octanol–water partition coefficient (Wildman–Crippen LogP) is 5.69. The summed E-state index contributed by atoms with van der Waals surface area (Å²) in [5.74, 6) is 0.370. The van der Waals surface area contributed by atoms with Gasteiger partial charge in [-0.3, -0.25) is 9.69 Å². The Kier molecular flexibility index (Phi) is 7.11. The van der Waals surface area contributed by atoms with Crippen LogP contribution in [0.4, 0.5) is 21.6 Å². The molecule has 1 aromatic heterocycles. The third-order valence-electron chi connectivity index (χ3n) is 6.35. The first kappa shape index (κ1) is 23.5. The molecule has 0 spiro atoms. The van der Waals surface area contributed by atoms with Gasteiger partial charge in [0.25, 0.3) is 0 Å². The van der Waals surface area contributed by atoms with E-state index in [-0.39, 0.29) is 17.0 Å². The first-order valence-electron chi connectivity index (χ1n) is 11.9. The molecule has 2 fully saturated rings. The lowest BCUT2D eigenvalue weighted by atomic mass is 9.96. The van der Waals surface area contributed by atoms with Gasteiger partial charge >= 0.3 is 0 Å². The Morgan fingerprint density at radius 3 is 2.74 bits per heavy atom. The molecule has 35 heavy (non-hydrogen) atoms. The van der Waals surface area contributed by atoms with Crippen LogP contribution in [0, 0.1) is 5.82 Å². The number of nitrogens with one attached hydrogen (secondary N) is 2. The Morgan fingerprint density at radius 1 is 1.17 bits per heavy atom. The van der Waals surface area contributed by atoms with Gasteiger partial charge < -0.3 is 15.4 Å². The van der Waals surface area contributed by atoms with Crippen LogP contribution in [0.1, 0.15) is 32.1 Å². The Bertz CT molecular complexity index is 1260. The minimum absolute atomic E-state index is 0.0122. The van der Waals surface area contributed by atoms with Crippen molar-refractivity contribution in [1.82, 2.24) is 14.9 Å². The number of anilines is 3. The van der Waals surface area contributed by atoms with E-state index in [0.29, 0.717) is 33.8 Å². The number of hydrogen-bond acceptors (Lipinski definition) is 6. The second-order valence-corrected chi connectivity index (χ2v) is 9.32. The summed E-state index contributed by atoms with van der Waals surface area (Å²) < 4.78 is 19.8. The standard InChI is InChI=1S/C26H27ClFN5O2/c27-20-13-17(8-9-21(20)28)31-26-19-14-23(32-25(34)7-4-12-33-10-1-2-11-33)24(35-18-5-3-6-18)15-22(19)29-16-30-26/h4,7-9,13-16,18H,1-3,5-6,10-12H2,(H,32,34)(H,29,30,31)/b7-4+. The average Bonchev–Trinajstić information content (AvgIpc) is 3.33. The SMILES string of the molecule is O=C(/C=C/CN1CCCC1)Nc1cc2c(Nc3ccc(F)c(Cl)c3)ncnc2cc1OC1CCC1. The van der Waals surface area contributed by atoms with E-state index in [2.05, 4.69) is 25.5 Å². The van der Waals surface area contributed by atoms with Crippen LogP contribution in [0.5, 0.6) is 5.75 Å². The summed E-state index contributed by atoms with van der Waals surface area (Å²) in [6.45, 7) is 2.91. The summed E-state index contributed by atoms with van der Waals surface area (Å²) in [5, 5.41) is 6.83. The topological polar surface area (TPSA) is 79.4 Å². The van der Waals surface area contributed by atoms with Crippen molar-refractivity contribution in [3.8, 4) is 5.75 Å². The molecule has 2 N–H and O–H groups in total. The van der Waals surface area contributed by atoms with Crippen LogP contribution in [-0.2, 0) is 4.79 Å². The highest BCUT2D eigenvalue weighted by Gasteiger charge is 2.22. The molecule has 1 aliphatic heterocycles. The third-order valence-corrected chi connectivity index (χ3v) is 6.64. The minimum atomic E-state index is -0.495. The van der Waals surface area contributed by atoms with Gasteiger partial charge in [0.05, 0.1) is 22.3 Å². The normalized spacial score (nSPS) is 16.5. The Balaban J connectivity index is 1.42. The van der Waals surface area contributed by atoms with E-state index in [4.69, 9.17) is 16.3 Å². The molecule has 0 bridgehead atoms. The van der Waals surface area contributed by atoms with E-state index in [1.165, 1.54) is 31.3 Å². The number of ether oxygens (including phenoxy) is 1. The Labute approximate surface area is 208 Å². The van der Waals surface area contributed by atoms with E-state index < -0.39 is 5.82 Å². The molecule has 0 unspecified atom stereocenters. The third kappa shape index (κ3) is 5.71. The van der Waals surface area contributed by atoms with Gasteiger partial charge in [-0.25, -0.2) is 14.4 Å². The lowest BCUT2D eigenvalue weighted by Crippen LogP contribution is -2.25. The highest BCUT2D eigenvalue weighted by atomic mass is 35.5. The van der Waals surface area contributed by atoms with Crippen LogP contribution in [0.25, 0.3) is 10.9 Å². The molecule has 1 saturated heterocycles. The van der Waals surface area contributed by atoms with Crippen molar-refractivity contribution in [1.29, 1.82) is 0 Å². The Hall–Kier alpha value is -3.23. The van der Waals surface area contributed by atoms with Crippen molar-refractivity contribution < 1.29 is 13.9 Å². The fourth-order valence-corrected chi connectivity index (χ4v) is 4.39. The summed E-state index contributed by atoms with van der Waals surface area (Å²) >= 11 is 5.93. The molecule has 2 heterocycles. The summed E-state index contributed by atoms with van der Waals surface area (Å²) in [7, 11) is 0. The molecule has 1 amide bonds. The molecule has 1 aliphatic carbocycles. The van der Waals surface area contributed by atoms with Crippen LogP contribution < -0.4 is 15.4 Å². The second kappa shape index (κ2) is 10.6. The van der Waals surface area contributed by atoms with Crippen molar-refractivity contribution in [2.24, 2.45) is 0 Å². The van der Waals surface area contributed by atoms with E-state index in [1.807, 2.05) is 18.2 Å². The zero-order valence-electron chi connectivity index (χ0n) is 19.3. The maximum absolute atomic E-state index is 13.6. The zero-order valence-corrected chi connectivity index (χ0v) is 20.0. The van der Waals surface area contributed by atoms with Crippen LogP contribution in [0.2, 0.25) is 5.02 Å². The van der Waals surface area contributed by atoms with Crippen molar-refractivity contribution >= 4 is 45.6 Å². The van der Waals surface area contributed by atoms with E-state index in [1.54, 1.807) is 12.1 Å². The molecular formula is C26H27ClFN5O2. The zero-order chi connectivity index (χ0) is 24.2. The van der Waals surface area contributed by atoms with Crippen LogP contribution in [-0.4, -0.2) is 46.5 Å². The number of likely N-dealkylation sites (tertiary alicyclic amines) is 1. The van der Waals surface area contributed by atoms with Crippen LogP contribution in [0.3, 0.4) is 0 Å². The number of carbonyl (C=O) groups is 1. The molecule has 1 saturated carbocycles. The number of halogens is 2. The van der Waals surface area contributed by atoms with Gasteiger partial charge in [0, 0.05) is 29.8 Å². The van der Waals surface area contributed by atoms with E-state index in [0.717, 1.165) is 38.9 Å². The molecule has 9 heteroatoms. The summed E-state index contributed by atoms with van der Waals surface area (Å²) in [6.07, 6.45) is 10.6. The fourth-order valence-electron chi connectivity index (χ4n) is 4.21. The lowest BCUT2D eigenvalue weighted by Gasteiger charge is -2.27. The van der Waals surface area contributed by atoms with Gasteiger partial charge in [-0.05, 0) is 69.5 Å². The quantitative estimate of drug-likeness (QED) is 0.391. The lowest BCUT2D eigenvalue weighted by molar-refractivity contribution is -0.111. The highest BCUT2D eigenvalue weighted by Crippen LogP contribution is 2.36. The summed E-state index contributed by atoms with van der Waals surface area (Å²) in [4.78, 5) is 23.8. The Morgan fingerprint density at radius 2 is 2.00 bits per heavy atom. The predicted molar refractivity (Wildman–Crippen MR) is 136 cm³/mol. The molecule has 5 rings (SSSR count). The number of rotatable bonds is 8. The van der Waals surface area contributed by atoms with Crippen molar-refractivity contribution in [3.63, 3.8) is 0 Å². The number of fused-ring (bicyclic) bond motifs is 1. The first-order chi connectivity index (χ1) is 17.0. The van der Waals surface area contributed by atoms with E-state index >= 15 is 0 Å². The van der Waals surface area contributed by atoms with E-state index in [9.17, 15) is 9.18 Å². The van der Waals surface area contributed by atoms with Gasteiger partial charge in [-0.15, -0.1) is 0 Å². The largest absolute Gasteiger partial charge is 0.488 e. The van der Waals surface area contributed by atoms with Gasteiger partial charge in [-0.1, -0.05) is 17.7 Å². The molecule has 182 valence electrons. The smallest absolute Gasteiger partial charge is 0.248 e. The molecule has 3 aromatic rings. The van der Waals surface area contributed by atoms with Crippen molar-refractivity contribution in [3.05, 3.63) is 59.7 Å². The van der Waals surface area contributed by atoms with Crippen molar-refractivity contribution in [2.75, 3.05) is 30.3 Å². The molecule has 2 aliphatic rings. The number of benzene rings is 2. The highest BCUT2D eigenvalue weighted by molar-refractivity contribution is 6.31. The first-order valence-corrected chi connectivity index (χ1v) is 12.3. The number of carbonyl (C=O) groups excluding carboxylic acids is 1. The number of nitrogens with zero attached hydrogens (tertiary/aromatic N) is 3. The monoisotopic (exact) mass is 495 g/mol. The second-order valence-electron chi connectivity index (χ2n) is 8.91. The van der Waals surface area contributed by atoms with Crippen LogP contribution >= 0.6 is 11.6 Å². The number of aromatic nitrogens is 2. The summed E-state index contributed by atoms with van der Waals surface area (Å²) in [6, 6.07) is 7.99. The van der Waals surface area contributed by atoms with Gasteiger partial charge in [0.1, 0.15) is 23.7 Å². The fraction of sp³-hybridized carbons (Fsp3) is 0.346. The summed E-state index contributed by atoms with van der Waals surface area (Å²) in [5.41, 5.74) is 1.80. The molecular weight excluding hydrogens is 469 g/mol. The minimum Gasteiger partial charge on any atom is -0.488 e. The average molecular weight is 496 g/mol. The number of hydrogen-bond donors (Lipinski definition) is 2. The maximum atomic E-state index is 13.6. The van der Waals surface area contributed by atoms with Gasteiger partial charge in [-0.2, -0.15) is 0 Å². The van der Waals surface area contributed by atoms with Crippen LogP contribution in [0.15, 0.2) is 48.8 Å². The van der Waals surface area contributed by atoms with Crippen molar-refractivity contribution in [2.45, 2.75) is 38.2 Å².